The van der Waals surface area contributed by atoms with Crippen molar-refractivity contribution in [1.82, 2.24) is 0 Å². The third-order valence-electron chi connectivity index (χ3n) is 1.81. The second kappa shape index (κ2) is 5.20. The number of ether oxygens (including phenoxy) is 1. The van der Waals surface area contributed by atoms with Gasteiger partial charge in [0.15, 0.2) is 0 Å². The molecule has 0 fully saturated rings. The Labute approximate surface area is 87.5 Å². The van der Waals surface area contributed by atoms with Gasteiger partial charge in [0.1, 0.15) is 0 Å². The van der Waals surface area contributed by atoms with Crippen LogP contribution in [0.15, 0.2) is 30.8 Å². The Balaban J connectivity index is 2.85. The minimum absolute atomic E-state index is 0.656. The van der Waals surface area contributed by atoms with Gasteiger partial charge in [-0.3, -0.25) is 0 Å². The zero-order valence-corrected chi connectivity index (χ0v) is 9.30. The van der Waals surface area contributed by atoms with Crippen molar-refractivity contribution in [3.63, 3.8) is 0 Å². The van der Waals surface area contributed by atoms with Gasteiger partial charge in [0, 0.05) is 12.4 Å². The smallest absolute Gasteiger partial charge is 0.0713 e. The maximum Gasteiger partial charge on any atom is 0.0713 e. The number of halogens is 1. The van der Waals surface area contributed by atoms with Crippen LogP contribution >= 0.6 is 15.9 Å². The molecule has 0 saturated heterocycles. The second-order valence-corrected chi connectivity index (χ2v) is 3.43. The van der Waals surface area contributed by atoms with Crippen LogP contribution in [0.25, 0.3) is 5.57 Å². The Morgan fingerprint density at radius 3 is 2.92 bits per heavy atom. The van der Waals surface area contributed by atoms with Gasteiger partial charge in [-0.15, -0.1) is 0 Å². The number of benzene rings is 1. The van der Waals surface area contributed by atoms with Crippen LogP contribution in [-0.4, -0.2) is 12.4 Å². The Morgan fingerprint density at radius 2 is 2.31 bits per heavy atom. The van der Waals surface area contributed by atoms with Crippen LogP contribution in [0, 0.1) is 0 Å². The van der Waals surface area contributed by atoms with E-state index in [0.29, 0.717) is 6.61 Å². The Morgan fingerprint density at radius 1 is 1.54 bits per heavy atom. The van der Waals surface area contributed by atoms with Crippen LogP contribution in [-0.2, 0) is 11.3 Å². The summed E-state index contributed by atoms with van der Waals surface area (Å²) < 4.78 is 5.05. The summed E-state index contributed by atoms with van der Waals surface area (Å²) in [4.78, 5) is 0. The molecule has 0 aliphatic rings. The molecule has 0 N–H and O–H groups in total. The zero-order valence-electron chi connectivity index (χ0n) is 7.72. The summed E-state index contributed by atoms with van der Waals surface area (Å²) in [5.74, 6) is 0. The van der Waals surface area contributed by atoms with Crippen LogP contribution in [0.1, 0.15) is 11.1 Å². The Hall–Kier alpha value is -0.600. The van der Waals surface area contributed by atoms with Crippen LogP contribution in [0.4, 0.5) is 0 Å². The highest BCUT2D eigenvalue weighted by Crippen LogP contribution is 2.16. The first kappa shape index (κ1) is 10.5. The van der Waals surface area contributed by atoms with Crippen molar-refractivity contribution >= 4 is 21.5 Å². The fourth-order valence-electron chi connectivity index (χ4n) is 1.12. The summed E-state index contributed by atoms with van der Waals surface area (Å²) in [5, 5.41) is 0.809. The highest BCUT2D eigenvalue weighted by Gasteiger charge is 1.98. The average Bonchev–Trinajstić information content (AvgIpc) is 2.18. The van der Waals surface area contributed by atoms with Gasteiger partial charge in [0.25, 0.3) is 0 Å². The van der Waals surface area contributed by atoms with E-state index in [1.165, 1.54) is 11.1 Å². The molecule has 0 spiro atoms. The third kappa shape index (κ3) is 2.98. The van der Waals surface area contributed by atoms with Gasteiger partial charge < -0.3 is 4.74 Å². The van der Waals surface area contributed by atoms with Gasteiger partial charge in [-0.1, -0.05) is 40.7 Å². The van der Waals surface area contributed by atoms with Crippen molar-refractivity contribution in [3.8, 4) is 0 Å². The van der Waals surface area contributed by atoms with Gasteiger partial charge in [0.05, 0.1) is 6.61 Å². The molecule has 0 amide bonds. The first-order valence-electron chi connectivity index (χ1n) is 4.10. The number of alkyl halides is 1. The van der Waals surface area contributed by atoms with Crippen LogP contribution in [0.5, 0.6) is 0 Å². The van der Waals surface area contributed by atoms with E-state index in [2.05, 4.69) is 40.7 Å². The quantitative estimate of drug-likeness (QED) is 0.735. The molecule has 70 valence electrons. The minimum atomic E-state index is 0.656. The largest absolute Gasteiger partial charge is 0.380 e. The Kier molecular flexibility index (Phi) is 4.19. The lowest BCUT2D eigenvalue weighted by atomic mass is 10.1. The van der Waals surface area contributed by atoms with Gasteiger partial charge in [0.2, 0.25) is 0 Å². The molecule has 0 heterocycles. The lowest BCUT2D eigenvalue weighted by Crippen LogP contribution is -1.90. The van der Waals surface area contributed by atoms with Crippen LogP contribution < -0.4 is 0 Å². The standard InChI is InChI=1S/C11H13BrO/c1-9(7-12)11-5-3-4-10(6-11)8-13-2/h3-6H,1,7-8H2,2H3. The molecule has 0 atom stereocenters. The van der Waals surface area contributed by atoms with E-state index in [-0.39, 0.29) is 0 Å². The molecule has 0 radical (unpaired) electrons. The van der Waals surface area contributed by atoms with Gasteiger partial charge >= 0.3 is 0 Å². The first-order valence-corrected chi connectivity index (χ1v) is 5.22. The van der Waals surface area contributed by atoms with Crippen molar-refractivity contribution in [2.75, 3.05) is 12.4 Å². The highest BCUT2D eigenvalue weighted by atomic mass is 79.9. The van der Waals surface area contributed by atoms with E-state index in [9.17, 15) is 0 Å². The molecular formula is C11H13BrO. The predicted molar refractivity (Wildman–Crippen MR) is 60.0 cm³/mol. The van der Waals surface area contributed by atoms with E-state index in [4.69, 9.17) is 4.74 Å². The first-order chi connectivity index (χ1) is 6.27. The molecule has 0 aliphatic heterocycles. The second-order valence-electron chi connectivity index (χ2n) is 2.87. The summed E-state index contributed by atoms with van der Waals surface area (Å²) in [6, 6.07) is 8.24. The summed E-state index contributed by atoms with van der Waals surface area (Å²) in [7, 11) is 1.70. The molecule has 1 aromatic carbocycles. The maximum absolute atomic E-state index is 5.05. The number of hydrogen-bond donors (Lipinski definition) is 0. The summed E-state index contributed by atoms with van der Waals surface area (Å²) in [6.07, 6.45) is 0. The minimum Gasteiger partial charge on any atom is -0.380 e. The number of allylic oxidation sites excluding steroid dienone is 1. The molecular weight excluding hydrogens is 228 g/mol. The summed E-state index contributed by atoms with van der Waals surface area (Å²) >= 11 is 3.38. The summed E-state index contributed by atoms with van der Waals surface area (Å²) in [5.41, 5.74) is 3.45. The van der Waals surface area contributed by atoms with Crippen molar-refractivity contribution in [1.29, 1.82) is 0 Å². The predicted octanol–water partition coefficient (Wildman–Crippen LogP) is 3.24. The normalized spacial score (nSPS) is 10.0. The maximum atomic E-state index is 5.05. The molecule has 0 aliphatic carbocycles. The topological polar surface area (TPSA) is 9.23 Å². The monoisotopic (exact) mass is 240 g/mol. The lowest BCUT2D eigenvalue weighted by molar-refractivity contribution is 0.185. The van der Waals surface area contributed by atoms with Gasteiger partial charge in [-0.2, -0.15) is 0 Å². The molecule has 0 unspecified atom stereocenters. The molecule has 1 nitrogen and oxygen atoms in total. The lowest BCUT2D eigenvalue weighted by Gasteiger charge is -2.04. The van der Waals surface area contributed by atoms with Crippen LogP contribution in [0.2, 0.25) is 0 Å². The number of hydrogen-bond acceptors (Lipinski definition) is 1. The molecule has 1 rings (SSSR count). The number of methoxy groups -OCH3 is 1. The van der Waals surface area contributed by atoms with Crippen molar-refractivity contribution in [3.05, 3.63) is 42.0 Å². The van der Waals surface area contributed by atoms with Crippen molar-refractivity contribution in [2.24, 2.45) is 0 Å². The molecule has 13 heavy (non-hydrogen) atoms. The van der Waals surface area contributed by atoms with Gasteiger partial charge in [-0.25, -0.2) is 0 Å². The molecule has 0 bridgehead atoms. The van der Waals surface area contributed by atoms with E-state index >= 15 is 0 Å². The summed E-state index contributed by atoms with van der Waals surface area (Å²) in [6.45, 7) is 4.61. The van der Waals surface area contributed by atoms with E-state index in [1.54, 1.807) is 7.11 Å². The van der Waals surface area contributed by atoms with Crippen molar-refractivity contribution < 1.29 is 4.74 Å². The SMILES string of the molecule is C=C(CBr)c1cccc(COC)c1. The highest BCUT2D eigenvalue weighted by molar-refractivity contribution is 9.09. The van der Waals surface area contributed by atoms with Gasteiger partial charge in [-0.05, 0) is 22.8 Å². The van der Waals surface area contributed by atoms with Crippen LogP contribution in [0.3, 0.4) is 0 Å². The molecule has 2 heteroatoms. The average molecular weight is 241 g/mol. The Bertz CT molecular complexity index is 294. The molecule has 0 saturated carbocycles. The van der Waals surface area contributed by atoms with Crippen molar-refractivity contribution in [2.45, 2.75) is 6.61 Å². The fraction of sp³-hybridized carbons (Fsp3) is 0.273. The van der Waals surface area contributed by atoms with E-state index in [1.807, 2.05) is 6.07 Å². The molecule has 1 aromatic rings. The molecule has 0 aromatic heterocycles. The van der Waals surface area contributed by atoms with E-state index < -0.39 is 0 Å². The number of rotatable bonds is 4. The fourth-order valence-corrected chi connectivity index (χ4v) is 1.45. The zero-order chi connectivity index (χ0) is 9.68. The third-order valence-corrected chi connectivity index (χ3v) is 2.48. The van der Waals surface area contributed by atoms with E-state index in [0.717, 1.165) is 10.9 Å².